The zero-order valence-corrected chi connectivity index (χ0v) is 20.6. The van der Waals surface area contributed by atoms with E-state index in [2.05, 4.69) is 18.2 Å². The summed E-state index contributed by atoms with van der Waals surface area (Å²) < 4.78 is 6.35. The number of carboxylic acid groups (broad SMARTS) is 1. The van der Waals surface area contributed by atoms with Crippen LogP contribution in [0, 0.1) is 17.8 Å². The van der Waals surface area contributed by atoms with E-state index >= 15 is 0 Å². The lowest BCUT2D eigenvalue weighted by molar-refractivity contribution is -0.131. The third-order valence-electron chi connectivity index (χ3n) is 8.43. The summed E-state index contributed by atoms with van der Waals surface area (Å²) >= 11 is 0. The SMILES string of the molecule is O=C(O)C=Cc1ccc(-c2ccc(OCCCCC(=O)NO)c(C34CC5CC(CC(C5)C3)C4)c2)cc1. The first-order valence-electron chi connectivity index (χ1n) is 13.2. The summed E-state index contributed by atoms with van der Waals surface area (Å²) in [4.78, 5) is 22.1. The average molecular weight is 490 g/mol. The highest BCUT2D eigenvalue weighted by atomic mass is 16.5. The number of carbonyl (C=O) groups excluding carboxylic acids is 1. The Balaban J connectivity index is 1.40. The van der Waals surface area contributed by atoms with Crippen LogP contribution < -0.4 is 10.2 Å². The summed E-state index contributed by atoms with van der Waals surface area (Å²) in [5.41, 5.74) is 6.32. The number of unbranched alkanes of at least 4 members (excludes halogenated alkanes) is 1. The van der Waals surface area contributed by atoms with E-state index < -0.39 is 5.97 Å². The van der Waals surface area contributed by atoms with Crippen LogP contribution in [0.3, 0.4) is 0 Å². The van der Waals surface area contributed by atoms with Crippen LogP contribution in [0.15, 0.2) is 48.5 Å². The van der Waals surface area contributed by atoms with E-state index in [9.17, 15) is 9.59 Å². The van der Waals surface area contributed by atoms with Gasteiger partial charge in [0.05, 0.1) is 6.61 Å². The third kappa shape index (κ3) is 5.34. The largest absolute Gasteiger partial charge is 0.493 e. The average Bonchev–Trinajstić information content (AvgIpc) is 2.86. The van der Waals surface area contributed by atoms with Crippen LogP contribution in [-0.4, -0.2) is 28.8 Å². The van der Waals surface area contributed by atoms with Gasteiger partial charge in [0.2, 0.25) is 5.91 Å². The molecule has 6 heteroatoms. The number of hydrogen-bond donors (Lipinski definition) is 3. The molecule has 6 nitrogen and oxygen atoms in total. The van der Waals surface area contributed by atoms with E-state index in [0.717, 1.165) is 52.7 Å². The van der Waals surface area contributed by atoms with Crippen molar-refractivity contribution in [2.75, 3.05) is 6.61 Å². The highest BCUT2D eigenvalue weighted by Crippen LogP contribution is 2.62. The van der Waals surface area contributed by atoms with Gasteiger partial charge in [0.25, 0.3) is 0 Å². The number of benzene rings is 2. The first-order valence-corrected chi connectivity index (χ1v) is 13.2. The number of carbonyl (C=O) groups is 2. The molecule has 190 valence electrons. The molecule has 36 heavy (non-hydrogen) atoms. The van der Waals surface area contributed by atoms with Crippen LogP contribution >= 0.6 is 0 Å². The number of amides is 1. The fraction of sp³-hybridized carbons (Fsp3) is 0.467. The van der Waals surface area contributed by atoms with Crippen molar-refractivity contribution in [1.29, 1.82) is 0 Å². The molecule has 4 aliphatic rings. The molecule has 6 rings (SSSR count). The van der Waals surface area contributed by atoms with Crippen molar-refractivity contribution >= 4 is 18.0 Å². The molecule has 4 aliphatic carbocycles. The zero-order chi connectivity index (χ0) is 25.1. The Morgan fingerprint density at radius 1 is 0.944 bits per heavy atom. The molecule has 0 aliphatic heterocycles. The maximum Gasteiger partial charge on any atom is 0.328 e. The highest BCUT2D eigenvalue weighted by molar-refractivity contribution is 5.85. The smallest absolute Gasteiger partial charge is 0.328 e. The molecule has 4 bridgehead atoms. The Morgan fingerprint density at radius 2 is 1.58 bits per heavy atom. The van der Waals surface area contributed by atoms with Gasteiger partial charge in [0, 0.05) is 18.1 Å². The van der Waals surface area contributed by atoms with E-state index in [1.165, 1.54) is 44.1 Å². The molecular weight excluding hydrogens is 454 g/mol. The number of hydroxylamine groups is 1. The van der Waals surface area contributed by atoms with E-state index in [1.807, 2.05) is 24.3 Å². The van der Waals surface area contributed by atoms with Crippen LogP contribution in [0.25, 0.3) is 17.2 Å². The second-order valence-electron chi connectivity index (χ2n) is 11.0. The van der Waals surface area contributed by atoms with Crippen LogP contribution in [0.5, 0.6) is 5.75 Å². The molecule has 2 aromatic carbocycles. The molecule has 0 atom stereocenters. The zero-order valence-electron chi connectivity index (χ0n) is 20.6. The van der Waals surface area contributed by atoms with E-state index in [0.29, 0.717) is 13.0 Å². The van der Waals surface area contributed by atoms with Gasteiger partial charge < -0.3 is 9.84 Å². The van der Waals surface area contributed by atoms with Crippen LogP contribution in [0.4, 0.5) is 0 Å². The van der Waals surface area contributed by atoms with Gasteiger partial charge in [-0.05, 0) is 109 Å². The molecule has 0 radical (unpaired) electrons. The van der Waals surface area contributed by atoms with Crippen LogP contribution in [0.2, 0.25) is 0 Å². The molecule has 1 amide bonds. The minimum absolute atomic E-state index is 0.182. The number of ether oxygens (including phenoxy) is 1. The van der Waals surface area contributed by atoms with Gasteiger partial charge in [-0.15, -0.1) is 0 Å². The second-order valence-corrected chi connectivity index (χ2v) is 11.0. The quantitative estimate of drug-likeness (QED) is 0.165. The fourth-order valence-electron chi connectivity index (χ4n) is 7.27. The second kappa shape index (κ2) is 10.5. The fourth-order valence-corrected chi connectivity index (χ4v) is 7.27. The highest BCUT2D eigenvalue weighted by Gasteiger charge is 2.52. The minimum Gasteiger partial charge on any atom is -0.493 e. The number of aliphatic carboxylic acids is 1. The molecular formula is C30H35NO5. The molecule has 4 saturated carbocycles. The topological polar surface area (TPSA) is 95.9 Å². The Morgan fingerprint density at radius 3 is 2.19 bits per heavy atom. The minimum atomic E-state index is -0.952. The molecule has 0 spiro atoms. The Kier molecular flexibility index (Phi) is 7.15. The van der Waals surface area contributed by atoms with Gasteiger partial charge in [-0.3, -0.25) is 10.0 Å². The summed E-state index contributed by atoms with van der Waals surface area (Å²) in [7, 11) is 0. The number of nitrogens with one attached hydrogen (secondary N) is 1. The van der Waals surface area contributed by atoms with Crippen molar-refractivity contribution in [1.82, 2.24) is 5.48 Å². The molecule has 2 aromatic rings. The van der Waals surface area contributed by atoms with Crippen LogP contribution in [0.1, 0.15) is 68.9 Å². The third-order valence-corrected chi connectivity index (χ3v) is 8.43. The van der Waals surface area contributed by atoms with Crippen molar-refractivity contribution in [2.45, 2.75) is 63.2 Å². The van der Waals surface area contributed by atoms with Gasteiger partial charge in [-0.25, -0.2) is 10.3 Å². The van der Waals surface area contributed by atoms with E-state index in [4.69, 9.17) is 15.1 Å². The summed E-state index contributed by atoms with van der Waals surface area (Å²) in [5, 5.41) is 17.6. The lowest BCUT2D eigenvalue weighted by atomic mass is 9.48. The van der Waals surface area contributed by atoms with Crippen LogP contribution in [-0.2, 0) is 15.0 Å². The normalized spacial score (nSPS) is 26.3. The van der Waals surface area contributed by atoms with Gasteiger partial charge in [-0.2, -0.15) is 0 Å². The summed E-state index contributed by atoms with van der Waals surface area (Å²) in [6, 6.07) is 14.6. The number of rotatable bonds is 10. The Hall–Kier alpha value is -3.12. The maximum atomic E-state index is 11.3. The van der Waals surface area contributed by atoms with Gasteiger partial charge in [-0.1, -0.05) is 30.3 Å². The lowest BCUT2D eigenvalue weighted by Gasteiger charge is -2.57. The van der Waals surface area contributed by atoms with Crippen molar-refractivity contribution < 1.29 is 24.6 Å². The van der Waals surface area contributed by atoms with Gasteiger partial charge >= 0.3 is 5.97 Å². The molecule has 3 N–H and O–H groups in total. The first kappa shape index (κ1) is 24.6. The monoisotopic (exact) mass is 489 g/mol. The summed E-state index contributed by atoms with van der Waals surface area (Å²) in [6.07, 6.45) is 12.3. The Labute approximate surface area is 212 Å². The molecule has 4 fully saturated rings. The predicted octanol–water partition coefficient (Wildman–Crippen LogP) is 5.97. The lowest BCUT2D eigenvalue weighted by Crippen LogP contribution is -2.48. The van der Waals surface area contributed by atoms with E-state index in [1.54, 1.807) is 11.6 Å². The Bertz CT molecular complexity index is 1100. The van der Waals surface area contributed by atoms with E-state index in [-0.39, 0.29) is 17.7 Å². The first-order chi connectivity index (χ1) is 17.4. The molecule has 0 saturated heterocycles. The molecule has 0 aromatic heterocycles. The van der Waals surface area contributed by atoms with Gasteiger partial charge in [0.1, 0.15) is 5.75 Å². The molecule has 0 unspecified atom stereocenters. The standard InChI is InChI=1S/C30H35NO5/c32-28(31-35)3-1-2-12-36-27-10-9-25(24-7-4-20(5-8-24)6-11-29(33)34)16-26(27)30-17-21-13-22(18-30)15-23(14-21)19-30/h4-11,16,21-23,35H,1-3,12-15,17-19H2,(H,31,32)(H,33,34). The van der Waals surface area contributed by atoms with Gasteiger partial charge in [0.15, 0.2) is 0 Å². The van der Waals surface area contributed by atoms with Crippen molar-refractivity contribution in [3.05, 3.63) is 59.7 Å². The predicted molar refractivity (Wildman–Crippen MR) is 138 cm³/mol. The number of carboxylic acids is 1. The van der Waals surface area contributed by atoms with Crippen molar-refractivity contribution in [3.63, 3.8) is 0 Å². The number of hydrogen-bond acceptors (Lipinski definition) is 4. The summed E-state index contributed by atoms with van der Waals surface area (Å²) in [5.74, 6) is 2.12. The molecule has 0 heterocycles. The van der Waals surface area contributed by atoms with Crippen molar-refractivity contribution in [2.24, 2.45) is 17.8 Å². The van der Waals surface area contributed by atoms with Crippen molar-refractivity contribution in [3.8, 4) is 16.9 Å². The maximum absolute atomic E-state index is 11.3. The summed E-state index contributed by atoms with van der Waals surface area (Å²) in [6.45, 7) is 0.544.